The maximum atomic E-state index is 12.2. The van der Waals surface area contributed by atoms with Gasteiger partial charge in [0.25, 0.3) is 0 Å². The summed E-state index contributed by atoms with van der Waals surface area (Å²) in [6.45, 7) is -0.00743. The summed E-state index contributed by atoms with van der Waals surface area (Å²) in [5, 5.41) is 8.38. The highest BCUT2D eigenvalue weighted by Crippen LogP contribution is 2.41. The van der Waals surface area contributed by atoms with Crippen LogP contribution in [0.25, 0.3) is 0 Å². The first-order chi connectivity index (χ1) is 16.9. The zero-order valence-electron chi connectivity index (χ0n) is 18.7. The summed E-state index contributed by atoms with van der Waals surface area (Å²) in [7, 11) is -1.72. The summed E-state index contributed by atoms with van der Waals surface area (Å²) in [6.07, 6.45) is -0.383. The Kier molecular flexibility index (Phi) is 9.93. The lowest BCUT2D eigenvalue weighted by Gasteiger charge is -2.31. The van der Waals surface area contributed by atoms with Gasteiger partial charge in [-0.15, -0.1) is 0 Å². The van der Waals surface area contributed by atoms with Crippen LogP contribution in [0.15, 0.2) is 91.0 Å². The average molecular weight is 496 g/mol. The van der Waals surface area contributed by atoms with Gasteiger partial charge < -0.3 is 24.0 Å². The molecule has 1 saturated heterocycles. The van der Waals surface area contributed by atoms with Crippen molar-refractivity contribution in [3.63, 3.8) is 0 Å². The van der Waals surface area contributed by atoms with Crippen molar-refractivity contribution in [3.05, 3.63) is 108 Å². The number of esters is 2. The van der Waals surface area contributed by atoms with Crippen molar-refractivity contribution < 1.29 is 38.4 Å². The van der Waals surface area contributed by atoms with Crippen LogP contribution < -0.4 is 0 Å². The van der Waals surface area contributed by atoms with E-state index >= 15 is 0 Å². The Labute approximate surface area is 204 Å². The molecule has 0 saturated carbocycles. The highest BCUT2D eigenvalue weighted by atomic mass is 31.2. The first kappa shape index (κ1) is 26.0. The summed E-state index contributed by atoms with van der Waals surface area (Å²) in [5.74, 6) is -1.78. The predicted molar refractivity (Wildman–Crippen MR) is 129 cm³/mol. The van der Waals surface area contributed by atoms with Crippen LogP contribution in [0.5, 0.6) is 0 Å². The Morgan fingerprint density at radius 3 is 1.77 bits per heavy atom. The van der Waals surface area contributed by atoms with Crippen LogP contribution in [0, 0.1) is 0 Å². The van der Waals surface area contributed by atoms with Crippen LogP contribution in [0.1, 0.15) is 37.5 Å². The first-order valence-electron chi connectivity index (χ1n) is 10.8. The lowest BCUT2D eigenvalue weighted by molar-refractivity contribution is -0.00409. The molecule has 9 heteroatoms. The summed E-state index contributed by atoms with van der Waals surface area (Å²) in [5.41, 5.74) is 1.23. The molecule has 0 spiro atoms. The highest BCUT2D eigenvalue weighted by Gasteiger charge is 2.32. The topological polar surface area (TPSA) is 119 Å². The molecule has 3 aromatic carbocycles. The molecule has 0 amide bonds. The third kappa shape index (κ3) is 8.61. The molecule has 1 aliphatic heterocycles. The van der Waals surface area contributed by atoms with Crippen LogP contribution in [0.2, 0.25) is 0 Å². The molecular formula is C26H25O8P. The van der Waals surface area contributed by atoms with Crippen molar-refractivity contribution in [1.29, 1.82) is 0 Å². The standard InChI is InChI=1S/C19H19O6P.C7H6O2/c20-18(14-7-3-1-4-8-14)23-12-16-11-17(13-26(22)25-16)24-19(21)15-9-5-2-6-10-15;8-7(9)6-4-2-1-3-5-6/h1-10,16-17,22H,11-13H2;1-5H,(H,8,9). The number of carbonyl (C=O) groups excluding carboxylic acids is 2. The fourth-order valence-electron chi connectivity index (χ4n) is 3.18. The largest absolute Gasteiger partial charge is 0.478 e. The van der Waals surface area contributed by atoms with Crippen LogP contribution in [-0.4, -0.2) is 52.9 Å². The van der Waals surface area contributed by atoms with Crippen LogP contribution >= 0.6 is 8.38 Å². The Hall–Kier alpha value is -3.58. The number of carboxylic acids is 1. The van der Waals surface area contributed by atoms with Crippen molar-refractivity contribution in [1.82, 2.24) is 0 Å². The van der Waals surface area contributed by atoms with Gasteiger partial charge in [-0.05, 0) is 36.4 Å². The zero-order chi connectivity index (χ0) is 25.0. The molecule has 182 valence electrons. The molecule has 3 atom stereocenters. The quantitative estimate of drug-likeness (QED) is 0.377. The van der Waals surface area contributed by atoms with E-state index in [-0.39, 0.29) is 12.8 Å². The van der Waals surface area contributed by atoms with Gasteiger partial charge in [0.1, 0.15) is 18.8 Å². The molecule has 1 aliphatic rings. The van der Waals surface area contributed by atoms with Gasteiger partial charge in [0.2, 0.25) is 0 Å². The SMILES string of the molecule is O=C(O)c1ccccc1.O=C(OCC1CC(OC(=O)c2ccccc2)CP(O)O1)c1ccccc1. The molecule has 1 fully saturated rings. The van der Waals surface area contributed by atoms with E-state index in [9.17, 15) is 19.3 Å². The van der Waals surface area contributed by atoms with E-state index in [4.69, 9.17) is 19.1 Å². The van der Waals surface area contributed by atoms with E-state index in [0.29, 0.717) is 23.1 Å². The predicted octanol–water partition coefficient (Wildman–Crippen LogP) is 4.55. The van der Waals surface area contributed by atoms with Gasteiger partial charge in [0.05, 0.1) is 22.9 Å². The second-order valence-corrected chi connectivity index (χ2v) is 8.81. The zero-order valence-corrected chi connectivity index (χ0v) is 19.6. The highest BCUT2D eigenvalue weighted by molar-refractivity contribution is 7.46. The summed E-state index contributed by atoms with van der Waals surface area (Å²) < 4.78 is 16.2. The average Bonchev–Trinajstić information content (AvgIpc) is 2.89. The van der Waals surface area contributed by atoms with Crippen LogP contribution in [0.3, 0.4) is 0 Å². The normalized spacial score (nSPS) is 18.9. The number of ether oxygens (including phenoxy) is 2. The minimum absolute atomic E-state index is 0.00743. The summed E-state index contributed by atoms with van der Waals surface area (Å²) in [6, 6.07) is 25.6. The van der Waals surface area contributed by atoms with Gasteiger partial charge in [0, 0.05) is 6.42 Å². The summed E-state index contributed by atoms with van der Waals surface area (Å²) in [4.78, 5) is 44.3. The van der Waals surface area contributed by atoms with E-state index in [1.165, 1.54) is 0 Å². The van der Waals surface area contributed by atoms with E-state index < -0.39 is 38.5 Å². The molecule has 0 aliphatic carbocycles. The lowest BCUT2D eigenvalue weighted by atomic mass is 10.1. The maximum Gasteiger partial charge on any atom is 0.338 e. The van der Waals surface area contributed by atoms with Crippen molar-refractivity contribution in [2.45, 2.75) is 18.6 Å². The maximum absolute atomic E-state index is 12.2. The number of benzene rings is 3. The van der Waals surface area contributed by atoms with Crippen molar-refractivity contribution in [2.24, 2.45) is 0 Å². The second kappa shape index (κ2) is 13.3. The number of carbonyl (C=O) groups is 3. The molecular weight excluding hydrogens is 471 g/mol. The molecule has 1 heterocycles. The molecule has 35 heavy (non-hydrogen) atoms. The number of hydrogen-bond acceptors (Lipinski definition) is 7. The Bertz CT molecular complexity index is 1090. The molecule has 3 unspecified atom stereocenters. The van der Waals surface area contributed by atoms with Gasteiger partial charge in [0.15, 0.2) is 8.38 Å². The first-order valence-corrected chi connectivity index (χ1v) is 12.2. The molecule has 8 nitrogen and oxygen atoms in total. The minimum Gasteiger partial charge on any atom is -0.478 e. The third-order valence-corrected chi connectivity index (χ3v) is 6.13. The van der Waals surface area contributed by atoms with Crippen molar-refractivity contribution >= 4 is 26.3 Å². The number of aromatic carboxylic acids is 1. The smallest absolute Gasteiger partial charge is 0.338 e. The van der Waals surface area contributed by atoms with Gasteiger partial charge in [-0.2, -0.15) is 0 Å². The third-order valence-electron chi connectivity index (χ3n) is 4.87. The van der Waals surface area contributed by atoms with Gasteiger partial charge >= 0.3 is 17.9 Å². The fourth-order valence-corrected chi connectivity index (χ4v) is 4.33. The van der Waals surface area contributed by atoms with E-state index in [2.05, 4.69) is 0 Å². The Morgan fingerprint density at radius 2 is 1.29 bits per heavy atom. The second-order valence-electron chi connectivity index (χ2n) is 7.53. The van der Waals surface area contributed by atoms with Gasteiger partial charge in [-0.25, -0.2) is 14.4 Å². The van der Waals surface area contributed by atoms with Gasteiger partial charge in [-0.1, -0.05) is 54.6 Å². The van der Waals surface area contributed by atoms with Crippen molar-refractivity contribution in [3.8, 4) is 0 Å². The Morgan fingerprint density at radius 1 is 0.800 bits per heavy atom. The molecule has 0 aromatic heterocycles. The van der Waals surface area contributed by atoms with E-state index in [1.807, 2.05) is 12.1 Å². The lowest BCUT2D eigenvalue weighted by Crippen LogP contribution is -2.35. The number of hydrogen-bond donors (Lipinski definition) is 2. The van der Waals surface area contributed by atoms with Gasteiger partial charge in [-0.3, -0.25) is 0 Å². The van der Waals surface area contributed by atoms with Crippen molar-refractivity contribution in [2.75, 3.05) is 12.8 Å². The molecule has 4 rings (SSSR count). The van der Waals surface area contributed by atoms with Crippen LogP contribution in [0.4, 0.5) is 0 Å². The van der Waals surface area contributed by atoms with E-state index in [1.54, 1.807) is 78.9 Å². The number of carboxylic acid groups (broad SMARTS) is 1. The molecule has 0 bridgehead atoms. The molecule has 3 aromatic rings. The fraction of sp³-hybridized carbons (Fsp3) is 0.192. The number of rotatable bonds is 6. The monoisotopic (exact) mass is 496 g/mol. The summed E-state index contributed by atoms with van der Waals surface area (Å²) >= 11 is 0. The molecule has 2 N–H and O–H groups in total. The van der Waals surface area contributed by atoms with E-state index in [0.717, 1.165) is 0 Å². The minimum atomic E-state index is -1.72. The van der Waals surface area contributed by atoms with Crippen LogP contribution in [-0.2, 0) is 14.0 Å². The Balaban J connectivity index is 0.000000320. The molecule has 0 radical (unpaired) electrons.